The smallest absolute Gasteiger partial charge is 0.136 e. The first-order chi connectivity index (χ1) is 25.3. The maximum absolute atomic E-state index is 6.45. The highest BCUT2D eigenvalue weighted by atomic mass is 32.1. The van der Waals surface area contributed by atoms with Gasteiger partial charge in [0.2, 0.25) is 0 Å². The molecule has 0 aliphatic carbocycles. The van der Waals surface area contributed by atoms with Crippen LogP contribution >= 0.6 is 11.3 Å². The van der Waals surface area contributed by atoms with Crippen molar-refractivity contribution in [3.63, 3.8) is 0 Å². The lowest BCUT2D eigenvalue weighted by molar-refractivity contribution is 0.669. The van der Waals surface area contributed by atoms with E-state index >= 15 is 0 Å². The van der Waals surface area contributed by atoms with E-state index in [1.54, 1.807) is 0 Å². The molecule has 0 saturated carbocycles. The normalized spacial score (nSPS) is 11.9. The Bertz CT molecular complexity index is 3130. The second-order valence-electron chi connectivity index (χ2n) is 13.1. The number of hydrogen-bond donors (Lipinski definition) is 0. The van der Waals surface area contributed by atoms with Gasteiger partial charge in [0.15, 0.2) is 0 Å². The Hall–Kier alpha value is -6.49. The van der Waals surface area contributed by atoms with Crippen LogP contribution in [-0.2, 0) is 0 Å². The first kappa shape index (κ1) is 28.4. The zero-order chi connectivity index (χ0) is 33.5. The summed E-state index contributed by atoms with van der Waals surface area (Å²) >= 11 is 1.83. The minimum Gasteiger partial charge on any atom is -0.456 e. The second-order valence-corrected chi connectivity index (χ2v) is 14.2. The molecule has 7 aromatic carbocycles. The Labute approximate surface area is 297 Å². The monoisotopic (exact) mass is 668 g/mol. The molecule has 238 valence electrons. The Kier molecular flexibility index (Phi) is 6.12. The molecule has 11 rings (SSSR count). The van der Waals surface area contributed by atoms with E-state index in [2.05, 4.69) is 174 Å². The van der Waals surface area contributed by atoms with E-state index in [1.165, 1.54) is 47.4 Å². The molecule has 11 aromatic rings. The van der Waals surface area contributed by atoms with Crippen molar-refractivity contribution in [2.45, 2.75) is 0 Å². The highest BCUT2D eigenvalue weighted by Gasteiger charge is 2.18. The molecule has 0 unspecified atom stereocenters. The summed E-state index contributed by atoms with van der Waals surface area (Å²) in [5.41, 5.74) is 11.6. The van der Waals surface area contributed by atoms with E-state index in [9.17, 15) is 0 Å². The first-order valence-electron chi connectivity index (χ1n) is 17.2. The number of fused-ring (bicyclic) bond motifs is 10. The predicted molar refractivity (Wildman–Crippen MR) is 215 cm³/mol. The number of benzene rings is 7. The number of nitrogens with zero attached hydrogens (tertiary/aromatic N) is 2. The number of para-hydroxylation sites is 2. The molecule has 4 heterocycles. The molecule has 0 atom stereocenters. The van der Waals surface area contributed by atoms with Crippen molar-refractivity contribution < 1.29 is 4.42 Å². The molecule has 4 aromatic heterocycles. The van der Waals surface area contributed by atoms with Crippen molar-refractivity contribution in [2.75, 3.05) is 0 Å². The van der Waals surface area contributed by atoms with Crippen LogP contribution in [0.1, 0.15) is 0 Å². The van der Waals surface area contributed by atoms with Crippen LogP contribution in [-0.4, -0.2) is 9.55 Å². The van der Waals surface area contributed by atoms with E-state index < -0.39 is 0 Å². The third-order valence-corrected chi connectivity index (χ3v) is 11.3. The second kappa shape index (κ2) is 11.0. The standard InChI is InChI=1S/C47H28N2OS/c1-3-11-29(12-4-1)32-27-38(30-19-21-41-36(25-30)34-15-7-9-17-40(34)49(41)33-13-5-2-6-14-33)48-39(28-32)31-20-22-42-37(26-31)46-43(50-42)23-24-45-47(46)35-16-8-10-18-44(35)51-45/h1-28H. The quantitative estimate of drug-likeness (QED) is 0.187. The fourth-order valence-electron chi connectivity index (χ4n) is 7.85. The summed E-state index contributed by atoms with van der Waals surface area (Å²) in [5.74, 6) is 0. The van der Waals surface area contributed by atoms with Crippen molar-refractivity contribution in [3.8, 4) is 39.3 Å². The van der Waals surface area contributed by atoms with Crippen LogP contribution in [0.2, 0.25) is 0 Å². The molecule has 51 heavy (non-hydrogen) atoms. The van der Waals surface area contributed by atoms with Crippen LogP contribution in [0.3, 0.4) is 0 Å². The van der Waals surface area contributed by atoms with Gasteiger partial charge in [-0.2, -0.15) is 0 Å². The number of thiophene rings is 1. The average molecular weight is 669 g/mol. The Morgan fingerprint density at radius 3 is 1.88 bits per heavy atom. The van der Waals surface area contributed by atoms with E-state index in [0.717, 1.165) is 55.9 Å². The summed E-state index contributed by atoms with van der Waals surface area (Å²) in [4.78, 5) is 5.39. The van der Waals surface area contributed by atoms with Crippen molar-refractivity contribution in [1.29, 1.82) is 0 Å². The maximum Gasteiger partial charge on any atom is 0.136 e. The average Bonchev–Trinajstić information content (AvgIpc) is 3.87. The summed E-state index contributed by atoms with van der Waals surface area (Å²) in [6, 6.07) is 60.6. The Morgan fingerprint density at radius 2 is 1.06 bits per heavy atom. The van der Waals surface area contributed by atoms with E-state index in [-0.39, 0.29) is 0 Å². The highest BCUT2D eigenvalue weighted by molar-refractivity contribution is 7.26. The zero-order valence-electron chi connectivity index (χ0n) is 27.4. The van der Waals surface area contributed by atoms with Crippen molar-refractivity contribution in [2.24, 2.45) is 0 Å². The zero-order valence-corrected chi connectivity index (χ0v) is 28.2. The van der Waals surface area contributed by atoms with Crippen LogP contribution < -0.4 is 0 Å². The van der Waals surface area contributed by atoms with Crippen molar-refractivity contribution in [1.82, 2.24) is 9.55 Å². The SMILES string of the molecule is c1ccc(-c2cc(-c3ccc4oc5ccc6sc7ccccc7c6c5c4c3)nc(-c3ccc4c(c3)c3ccccc3n4-c3ccccc3)c2)cc1. The molecular formula is C47H28N2OS. The van der Waals surface area contributed by atoms with Crippen LogP contribution in [0, 0.1) is 0 Å². The molecule has 0 radical (unpaired) electrons. The third kappa shape index (κ3) is 4.40. The van der Waals surface area contributed by atoms with E-state index in [1.807, 2.05) is 11.3 Å². The van der Waals surface area contributed by atoms with Gasteiger partial charge >= 0.3 is 0 Å². The predicted octanol–water partition coefficient (Wildman–Crippen LogP) is 13.4. The summed E-state index contributed by atoms with van der Waals surface area (Å²) in [7, 11) is 0. The van der Waals surface area contributed by atoms with Gasteiger partial charge in [-0.3, -0.25) is 0 Å². The molecule has 0 fully saturated rings. The lowest BCUT2D eigenvalue weighted by Crippen LogP contribution is -1.93. The topological polar surface area (TPSA) is 31.0 Å². The number of hydrogen-bond acceptors (Lipinski definition) is 3. The van der Waals surface area contributed by atoms with Crippen LogP contribution in [0.5, 0.6) is 0 Å². The van der Waals surface area contributed by atoms with E-state index in [4.69, 9.17) is 9.40 Å². The molecule has 0 saturated heterocycles. The van der Waals surface area contributed by atoms with E-state index in [0.29, 0.717) is 0 Å². The number of aromatic nitrogens is 2. The fourth-order valence-corrected chi connectivity index (χ4v) is 8.97. The molecule has 0 aliphatic rings. The van der Waals surface area contributed by atoms with Crippen LogP contribution in [0.25, 0.3) is 103 Å². The summed E-state index contributed by atoms with van der Waals surface area (Å²) in [6.07, 6.45) is 0. The summed E-state index contributed by atoms with van der Waals surface area (Å²) in [6.45, 7) is 0. The molecule has 0 amide bonds. The largest absolute Gasteiger partial charge is 0.456 e. The van der Waals surface area contributed by atoms with Gasteiger partial charge in [-0.15, -0.1) is 11.3 Å². The number of rotatable bonds is 4. The van der Waals surface area contributed by atoms with Gasteiger partial charge < -0.3 is 8.98 Å². The molecule has 0 bridgehead atoms. The molecule has 3 nitrogen and oxygen atoms in total. The fraction of sp³-hybridized carbons (Fsp3) is 0. The molecular weight excluding hydrogens is 641 g/mol. The number of pyridine rings is 1. The van der Waals surface area contributed by atoms with Gasteiger partial charge in [0.1, 0.15) is 11.2 Å². The van der Waals surface area contributed by atoms with Gasteiger partial charge in [-0.25, -0.2) is 4.98 Å². The van der Waals surface area contributed by atoms with Gasteiger partial charge in [0, 0.05) is 58.5 Å². The van der Waals surface area contributed by atoms with Crippen LogP contribution in [0.4, 0.5) is 0 Å². The van der Waals surface area contributed by atoms with Gasteiger partial charge in [0.05, 0.1) is 22.4 Å². The Balaban J connectivity index is 1.14. The third-order valence-electron chi connectivity index (χ3n) is 10.2. The molecule has 0 spiro atoms. The minimum absolute atomic E-state index is 0.885. The molecule has 0 aliphatic heterocycles. The summed E-state index contributed by atoms with van der Waals surface area (Å²) < 4.78 is 11.4. The van der Waals surface area contributed by atoms with Crippen molar-refractivity contribution in [3.05, 3.63) is 170 Å². The highest BCUT2D eigenvalue weighted by Crippen LogP contribution is 2.43. The minimum atomic E-state index is 0.885. The van der Waals surface area contributed by atoms with Crippen LogP contribution in [0.15, 0.2) is 174 Å². The Morgan fingerprint density at radius 1 is 0.412 bits per heavy atom. The molecule has 4 heteroatoms. The lowest BCUT2D eigenvalue weighted by Gasteiger charge is -2.11. The number of furan rings is 1. The lowest BCUT2D eigenvalue weighted by atomic mass is 9.98. The van der Waals surface area contributed by atoms with Gasteiger partial charge in [-0.05, 0) is 90.0 Å². The first-order valence-corrected chi connectivity index (χ1v) is 18.0. The summed E-state index contributed by atoms with van der Waals surface area (Å²) in [5, 5.41) is 7.24. The van der Waals surface area contributed by atoms with Gasteiger partial charge in [-0.1, -0.05) is 91.0 Å². The van der Waals surface area contributed by atoms with Crippen molar-refractivity contribution >= 4 is 75.3 Å². The maximum atomic E-state index is 6.45. The van der Waals surface area contributed by atoms with Gasteiger partial charge in [0.25, 0.3) is 0 Å². The molecule has 0 N–H and O–H groups in total.